The summed E-state index contributed by atoms with van der Waals surface area (Å²) in [5, 5.41) is 2.65. The normalized spacial score (nSPS) is 10.1. The SMILES string of the molecule is Nc1cc(F)cc(C(=O)Nc2cc(Cl)ncn2)c1. The van der Waals surface area contributed by atoms with Crippen molar-refractivity contribution in [2.45, 2.75) is 0 Å². The molecule has 0 aliphatic heterocycles. The molecule has 0 bridgehead atoms. The molecule has 0 saturated heterocycles. The van der Waals surface area contributed by atoms with Crippen molar-refractivity contribution in [3.8, 4) is 0 Å². The van der Waals surface area contributed by atoms with Crippen molar-refractivity contribution in [2.24, 2.45) is 0 Å². The second-order valence-corrected chi connectivity index (χ2v) is 3.84. The average Bonchev–Trinajstić information content (AvgIpc) is 2.27. The molecule has 1 heterocycles. The van der Waals surface area contributed by atoms with Crippen molar-refractivity contribution >= 4 is 29.0 Å². The highest BCUT2D eigenvalue weighted by atomic mass is 35.5. The van der Waals surface area contributed by atoms with Gasteiger partial charge < -0.3 is 11.1 Å². The fourth-order valence-corrected chi connectivity index (χ4v) is 1.48. The van der Waals surface area contributed by atoms with Crippen LogP contribution in [0, 0.1) is 5.82 Å². The Balaban J connectivity index is 2.22. The van der Waals surface area contributed by atoms with Gasteiger partial charge in [-0.15, -0.1) is 0 Å². The number of anilines is 2. The first kappa shape index (κ1) is 12.3. The number of benzene rings is 1. The maximum absolute atomic E-state index is 13.1. The monoisotopic (exact) mass is 266 g/mol. The Morgan fingerprint density at radius 2 is 2.06 bits per heavy atom. The van der Waals surface area contributed by atoms with Crippen molar-refractivity contribution in [1.82, 2.24) is 9.97 Å². The molecule has 1 amide bonds. The minimum Gasteiger partial charge on any atom is -0.399 e. The predicted octanol–water partition coefficient (Wildman–Crippen LogP) is 2.10. The summed E-state index contributed by atoms with van der Waals surface area (Å²) in [5.41, 5.74) is 5.71. The molecular weight excluding hydrogens is 259 g/mol. The number of halogens is 2. The highest BCUT2D eigenvalue weighted by molar-refractivity contribution is 6.29. The van der Waals surface area contributed by atoms with Crippen LogP contribution in [0.4, 0.5) is 15.9 Å². The number of hydrogen-bond donors (Lipinski definition) is 2. The van der Waals surface area contributed by atoms with Gasteiger partial charge in [0.25, 0.3) is 5.91 Å². The third-order valence-electron chi connectivity index (χ3n) is 2.06. The third-order valence-corrected chi connectivity index (χ3v) is 2.26. The van der Waals surface area contributed by atoms with Crippen LogP contribution in [-0.2, 0) is 0 Å². The van der Waals surface area contributed by atoms with Crippen LogP contribution < -0.4 is 11.1 Å². The molecule has 0 spiro atoms. The van der Waals surface area contributed by atoms with Crippen LogP contribution in [0.2, 0.25) is 5.15 Å². The van der Waals surface area contributed by atoms with Crippen molar-refractivity contribution in [3.63, 3.8) is 0 Å². The Morgan fingerprint density at radius 1 is 1.28 bits per heavy atom. The van der Waals surface area contributed by atoms with Gasteiger partial charge in [0.1, 0.15) is 23.1 Å². The molecule has 1 aromatic carbocycles. The lowest BCUT2D eigenvalue weighted by Gasteiger charge is -2.05. The standard InChI is InChI=1S/C11H8ClFN4O/c12-9-4-10(16-5-15-9)17-11(18)6-1-7(13)3-8(14)2-6/h1-5H,14H2,(H,15,16,17,18). The van der Waals surface area contributed by atoms with Crippen LogP contribution in [0.15, 0.2) is 30.6 Å². The summed E-state index contributed by atoms with van der Waals surface area (Å²) in [6.45, 7) is 0. The number of nitrogen functional groups attached to an aromatic ring is 1. The lowest BCUT2D eigenvalue weighted by atomic mass is 10.2. The van der Waals surface area contributed by atoms with E-state index in [0.29, 0.717) is 0 Å². The van der Waals surface area contributed by atoms with Gasteiger partial charge in [-0.3, -0.25) is 4.79 Å². The molecule has 0 aliphatic rings. The van der Waals surface area contributed by atoms with Gasteiger partial charge in [-0.2, -0.15) is 0 Å². The maximum Gasteiger partial charge on any atom is 0.256 e. The summed E-state index contributed by atoms with van der Waals surface area (Å²) in [5.74, 6) is -0.889. The summed E-state index contributed by atoms with van der Waals surface area (Å²) in [6.07, 6.45) is 1.21. The smallest absolute Gasteiger partial charge is 0.256 e. The van der Waals surface area contributed by atoms with E-state index in [1.807, 2.05) is 0 Å². The van der Waals surface area contributed by atoms with Crippen molar-refractivity contribution in [1.29, 1.82) is 0 Å². The number of carbonyl (C=O) groups is 1. The zero-order chi connectivity index (χ0) is 13.1. The van der Waals surface area contributed by atoms with Crippen LogP contribution in [0.5, 0.6) is 0 Å². The summed E-state index contributed by atoms with van der Waals surface area (Å²) in [4.78, 5) is 19.3. The Labute approximate surface area is 107 Å². The van der Waals surface area contributed by atoms with Gasteiger partial charge in [0.15, 0.2) is 0 Å². The van der Waals surface area contributed by atoms with E-state index in [4.69, 9.17) is 17.3 Å². The van der Waals surface area contributed by atoms with E-state index in [-0.39, 0.29) is 22.2 Å². The predicted molar refractivity (Wildman–Crippen MR) is 65.8 cm³/mol. The Bertz CT molecular complexity index is 585. The molecule has 2 aromatic rings. The van der Waals surface area contributed by atoms with E-state index < -0.39 is 11.7 Å². The van der Waals surface area contributed by atoms with Gasteiger partial charge in [0, 0.05) is 17.3 Å². The van der Waals surface area contributed by atoms with Crippen molar-refractivity contribution < 1.29 is 9.18 Å². The van der Waals surface area contributed by atoms with Crippen LogP contribution in [-0.4, -0.2) is 15.9 Å². The first-order valence-corrected chi connectivity index (χ1v) is 5.27. The molecule has 0 atom stereocenters. The molecule has 18 heavy (non-hydrogen) atoms. The van der Waals surface area contributed by atoms with Gasteiger partial charge in [0.05, 0.1) is 0 Å². The van der Waals surface area contributed by atoms with Crippen LogP contribution in [0.25, 0.3) is 0 Å². The molecule has 92 valence electrons. The first-order chi connectivity index (χ1) is 8.54. The zero-order valence-corrected chi connectivity index (χ0v) is 9.78. The number of aromatic nitrogens is 2. The minimum absolute atomic E-state index is 0.0993. The van der Waals surface area contributed by atoms with Crippen LogP contribution in [0.3, 0.4) is 0 Å². The Kier molecular flexibility index (Phi) is 3.38. The number of rotatable bonds is 2. The molecule has 2 rings (SSSR count). The highest BCUT2D eigenvalue weighted by Gasteiger charge is 2.09. The van der Waals surface area contributed by atoms with Gasteiger partial charge in [0.2, 0.25) is 0 Å². The van der Waals surface area contributed by atoms with Crippen LogP contribution >= 0.6 is 11.6 Å². The number of carbonyl (C=O) groups excluding carboxylic acids is 1. The van der Waals surface area contributed by atoms with Gasteiger partial charge in [-0.05, 0) is 18.2 Å². The summed E-state index contributed by atoms with van der Waals surface area (Å²) >= 11 is 5.64. The molecule has 1 aromatic heterocycles. The summed E-state index contributed by atoms with van der Waals surface area (Å²) < 4.78 is 13.1. The average molecular weight is 267 g/mol. The molecule has 0 fully saturated rings. The summed E-state index contributed by atoms with van der Waals surface area (Å²) in [7, 11) is 0. The number of nitrogens with zero attached hydrogens (tertiary/aromatic N) is 2. The van der Waals surface area contributed by atoms with Gasteiger partial charge >= 0.3 is 0 Å². The lowest BCUT2D eigenvalue weighted by Crippen LogP contribution is -2.13. The van der Waals surface area contributed by atoms with E-state index in [1.165, 1.54) is 18.5 Å². The topological polar surface area (TPSA) is 80.9 Å². The molecule has 0 saturated carbocycles. The number of nitrogens with two attached hydrogens (primary N) is 1. The summed E-state index contributed by atoms with van der Waals surface area (Å²) in [6, 6.07) is 4.94. The maximum atomic E-state index is 13.1. The van der Waals surface area contributed by atoms with E-state index in [1.54, 1.807) is 0 Å². The van der Waals surface area contributed by atoms with E-state index in [2.05, 4.69) is 15.3 Å². The lowest BCUT2D eigenvalue weighted by molar-refractivity contribution is 0.102. The quantitative estimate of drug-likeness (QED) is 0.644. The Hall–Kier alpha value is -2.21. The molecule has 7 heteroatoms. The van der Waals surface area contributed by atoms with E-state index in [9.17, 15) is 9.18 Å². The molecular formula is C11H8ClFN4O. The number of nitrogens with one attached hydrogen (secondary N) is 1. The third kappa shape index (κ3) is 2.92. The second-order valence-electron chi connectivity index (χ2n) is 3.45. The zero-order valence-electron chi connectivity index (χ0n) is 9.02. The largest absolute Gasteiger partial charge is 0.399 e. The van der Waals surface area contributed by atoms with Crippen molar-refractivity contribution in [2.75, 3.05) is 11.1 Å². The fourth-order valence-electron chi connectivity index (χ4n) is 1.33. The van der Waals surface area contributed by atoms with Gasteiger partial charge in [-0.25, -0.2) is 14.4 Å². The van der Waals surface area contributed by atoms with E-state index in [0.717, 1.165) is 12.1 Å². The molecule has 3 N–H and O–H groups in total. The molecule has 0 radical (unpaired) electrons. The van der Waals surface area contributed by atoms with E-state index >= 15 is 0 Å². The molecule has 0 aliphatic carbocycles. The van der Waals surface area contributed by atoms with Crippen molar-refractivity contribution in [3.05, 3.63) is 47.1 Å². The fraction of sp³-hybridized carbons (Fsp3) is 0. The molecule has 5 nitrogen and oxygen atoms in total. The minimum atomic E-state index is -0.583. The first-order valence-electron chi connectivity index (χ1n) is 4.89. The Morgan fingerprint density at radius 3 is 2.72 bits per heavy atom. The molecule has 0 unspecified atom stereocenters. The van der Waals surface area contributed by atoms with Gasteiger partial charge in [-0.1, -0.05) is 11.6 Å². The number of amides is 1. The number of hydrogen-bond acceptors (Lipinski definition) is 4. The van der Waals surface area contributed by atoms with Crippen LogP contribution in [0.1, 0.15) is 10.4 Å². The highest BCUT2D eigenvalue weighted by Crippen LogP contribution is 2.14. The second kappa shape index (κ2) is 4.97.